The van der Waals surface area contributed by atoms with E-state index in [4.69, 9.17) is 15.8 Å². The van der Waals surface area contributed by atoms with Gasteiger partial charge >= 0.3 is 0 Å². The molecule has 1 aliphatic rings. The van der Waals surface area contributed by atoms with Crippen LogP contribution >= 0.6 is 11.1 Å². The Balaban J connectivity index is 2.07. The Bertz CT molecular complexity index is 347. The maximum absolute atomic E-state index is 6.49. The first kappa shape index (κ1) is 18.0. The summed E-state index contributed by atoms with van der Waals surface area (Å²) in [6.45, 7) is 11.7. The van der Waals surface area contributed by atoms with Gasteiger partial charge in [-0.1, -0.05) is 49.7 Å². The van der Waals surface area contributed by atoms with Crippen molar-refractivity contribution in [1.82, 2.24) is 0 Å². The Morgan fingerprint density at radius 1 is 1.15 bits per heavy atom. The molecule has 0 aliphatic heterocycles. The molecule has 0 aromatic rings. The molecule has 20 heavy (non-hydrogen) atoms. The standard InChI is InChI=1S/C17H31ClOSi/c1-17(2,3)19-13-9-7-6-8-10-15-11-12-16(14-15)20(4,5)18/h11-12,14,16H,6-10,13H2,1-5H3. The first-order valence-electron chi connectivity index (χ1n) is 7.90. The van der Waals surface area contributed by atoms with Gasteiger partial charge in [0, 0.05) is 12.1 Å². The molecule has 0 heterocycles. The molecule has 1 nitrogen and oxygen atoms in total. The van der Waals surface area contributed by atoms with E-state index in [-0.39, 0.29) is 5.60 Å². The highest BCUT2D eigenvalue weighted by Gasteiger charge is 2.28. The highest BCUT2D eigenvalue weighted by Crippen LogP contribution is 2.35. The minimum absolute atomic E-state index is 0.00667. The highest BCUT2D eigenvalue weighted by atomic mass is 35.6. The second kappa shape index (κ2) is 7.81. The SMILES string of the molecule is CC(C)(C)OCCCCCCC1=CC([Si](C)(C)Cl)C=C1. The Morgan fingerprint density at radius 2 is 1.80 bits per heavy atom. The molecular formula is C17H31ClOSi. The van der Waals surface area contributed by atoms with Crippen molar-refractivity contribution in [3.05, 3.63) is 23.8 Å². The van der Waals surface area contributed by atoms with Crippen molar-refractivity contribution >= 4 is 18.5 Å². The smallest absolute Gasteiger partial charge is 0.160 e. The molecule has 0 aromatic heterocycles. The summed E-state index contributed by atoms with van der Waals surface area (Å²) in [4.78, 5) is 0. The lowest BCUT2D eigenvalue weighted by atomic mass is 10.1. The van der Waals surface area contributed by atoms with Gasteiger partial charge in [-0.25, -0.2) is 0 Å². The maximum Gasteiger partial charge on any atom is 0.160 e. The largest absolute Gasteiger partial charge is 0.376 e. The molecule has 0 N–H and O–H groups in total. The number of hydrogen-bond donors (Lipinski definition) is 0. The van der Waals surface area contributed by atoms with E-state index in [1.807, 2.05) is 0 Å². The predicted octanol–water partition coefficient (Wildman–Crippen LogP) is 6.06. The van der Waals surface area contributed by atoms with Crippen LogP contribution in [0.5, 0.6) is 0 Å². The molecule has 0 spiro atoms. The van der Waals surface area contributed by atoms with Crippen LogP contribution in [0.2, 0.25) is 18.6 Å². The molecule has 0 radical (unpaired) electrons. The molecule has 116 valence electrons. The normalized spacial score (nSPS) is 19.5. The molecule has 0 saturated heterocycles. The minimum atomic E-state index is -1.56. The van der Waals surface area contributed by atoms with E-state index >= 15 is 0 Å². The average molecular weight is 315 g/mol. The molecule has 0 aromatic carbocycles. The van der Waals surface area contributed by atoms with Crippen LogP contribution < -0.4 is 0 Å². The van der Waals surface area contributed by atoms with Crippen molar-refractivity contribution in [2.45, 2.75) is 77.1 Å². The molecule has 1 aliphatic carbocycles. The van der Waals surface area contributed by atoms with Gasteiger partial charge in [0.05, 0.1) is 5.60 Å². The molecule has 1 unspecified atom stereocenters. The van der Waals surface area contributed by atoms with Crippen LogP contribution in [0.25, 0.3) is 0 Å². The van der Waals surface area contributed by atoms with Gasteiger partial charge in [-0.2, -0.15) is 11.1 Å². The molecule has 1 atom stereocenters. The van der Waals surface area contributed by atoms with Crippen LogP contribution in [-0.4, -0.2) is 19.6 Å². The topological polar surface area (TPSA) is 9.23 Å². The quantitative estimate of drug-likeness (QED) is 0.300. The van der Waals surface area contributed by atoms with Gasteiger partial charge in [-0.3, -0.25) is 0 Å². The van der Waals surface area contributed by atoms with E-state index < -0.39 is 7.38 Å². The van der Waals surface area contributed by atoms with Crippen molar-refractivity contribution in [3.8, 4) is 0 Å². The zero-order valence-corrected chi connectivity index (χ0v) is 15.6. The first-order chi connectivity index (χ1) is 9.18. The summed E-state index contributed by atoms with van der Waals surface area (Å²) in [7, 11) is -1.56. The van der Waals surface area contributed by atoms with E-state index in [0.717, 1.165) is 6.61 Å². The van der Waals surface area contributed by atoms with Crippen LogP contribution in [0.3, 0.4) is 0 Å². The molecular weight excluding hydrogens is 284 g/mol. The van der Waals surface area contributed by atoms with Gasteiger partial charge in [0.1, 0.15) is 0 Å². The predicted molar refractivity (Wildman–Crippen MR) is 93.1 cm³/mol. The van der Waals surface area contributed by atoms with Gasteiger partial charge in [-0.05, 0) is 40.0 Å². The number of halogens is 1. The summed E-state index contributed by atoms with van der Waals surface area (Å²) >= 11 is 6.49. The van der Waals surface area contributed by atoms with E-state index in [9.17, 15) is 0 Å². The Labute approximate surface area is 131 Å². The van der Waals surface area contributed by atoms with Crippen molar-refractivity contribution in [1.29, 1.82) is 0 Å². The Kier molecular flexibility index (Phi) is 7.03. The second-order valence-corrected chi connectivity index (χ2v) is 14.0. The number of rotatable bonds is 8. The van der Waals surface area contributed by atoms with Crippen molar-refractivity contribution in [3.63, 3.8) is 0 Å². The molecule has 0 saturated carbocycles. The highest BCUT2D eigenvalue weighted by molar-refractivity contribution is 7.20. The molecule has 3 heteroatoms. The average Bonchev–Trinajstić information content (AvgIpc) is 2.74. The summed E-state index contributed by atoms with van der Waals surface area (Å²) in [6.07, 6.45) is 13.2. The van der Waals surface area contributed by atoms with Gasteiger partial charge in [0.2, 0.25) is 0 Å². The third-order valence-corrected chi connectivity index (χ3v) is 6.30. The van der Waals surface area contributed by atoms with Crippen molar-refractivity contribution in [2.75, 3.05) is 6.61 Å². The van der Waals surface area contributed by atoms with Crippen LogP contribution in [0.4, 0.5) is 0 Å². The fraction of sp³-hybridized carbons (Fsp3) is 0.765. The van der Waals surface area contributed by atoms with Gasteiger partial charge in [0.15, 0.2) is 7.38 Å². The maximum atomic E-state index is 6.49. The number of unbranched alkanes of at least 4 members (excludes halogenated alkanes) is 3. The third-order valence-electron chi connectivity index (χ3n) is 3.60. The first-order valence-corrected chi connectivity index (χ1v) is 12.0. The summed E-state index contributed by atoms with van der Waals surface area (Å²) in [5, 5.41) is 0. The van der Waals surface area contributed by atoms with E-state index in [1.54, 1.807) is 0 Å². The zero-order valence-electron chi connectivity index (χ0n) is 13.8. The Hall–Kier alpha value is -0.0531. The Morgan fingerprint density at radius 3 is 2.35 bits per heavy atom. The lowest BCUT2D eigenvalue weighted by Gasteiger charge is -2.19. The summed E-state index contributed by atoms with van der Waals surface area (Å²) < 4.78 is 5.73. The van der Waals surface area contributed by atoms with Crippen molar-refractivity contribution in [2.24, 2.45) is 0 Å². The van der Waals surface area contributed by atoms with Crippen LogP contribution in [0, 0.1) is 0 Å². The van der Waals surface area contributed by atoms with Crippen LogP contribution in [0.15, 0.2) is 23.8 Å². The van der Waals surface area contributed by atoms with Crippen LogP contribution in [0.1, 0.15) is 52.9 Å². The fourth-order valence-electron chi connectivity index (χ4n) is 2.33. The molecule has 0 bridgehead atoms. The number of hydrogen-bond acceptors (Lipinski definition) is 1. The van der Waals surface area contributed by atoms with E-state index in [2.05, 4.69) is 52.1 Å². The summed E-state index contributed by atoms with van der Waals surface area (Å²) in [5.41, 5.74) is 2.02. The van der Waals surface area contributed by atoms with Crippen LogP contribution in [-0.2, 0) is 4.74 Å². The minimum Gasteiger partial charge on any atom is -0.376 e. The molecule has 0 amide bonds. The van der Waals surface area contributed by atoms with E-state index in [0.29, 0.717) is 5.54 Å². The number of ether oxygens (including phenoxy) is 1. The van der Waals surface area contributed by atoms with Gasteiger partial charge in [0.25, 0.3) is 0 Å². The zero-order chi connectivity index (χ0) is 15.2. The molecule has 0 fully saturated rings. The second-order valence-electron chi connectivity index (χ2n) is 7.32. The van der Waals surface area contributed by atoms with Gasteiger partial charge in [-0.15, -0.1) is 0 Å². The lowest BCUT2D eigenvalue weighted by Crippen LogP contribution is -2.21. The monoisotopic (exact) mass is 314 g/mol. The van der Waals surface area contributed by atoms with Crippen molar-refractivity contribution < 1.29 is 4.74 Å². The number of allylic oxidation sites excluding steroid dienone is 4. The van der Waals surface area contributed by atoms with Gasteiger partial charge < -0.3 is 4.74 Å². The van der Waals surface area contributed by atoms with E-state index in [1.165, 1.54) is 37.7 Å². The molecule has 1 rings (SSSR count). The fourth-order valence-corrected chi connectivity index (χ4v) is 3.90. The third kappa shape index (κ3) is 7.66. The lowest BCUT2D eigenvalue weighted by molar-refractivity contribution is -0.00473. The summed E-state index contributed by atoms with van der Waals surface area (Å²) in [6, 6.07) is 0. The summed E-state index contributed by atoms with van der Waals surface area (Å²) in [5.74, 6) is 0.